The fourth-order valence-electron chi connectivity index (χ4n) is 2.62. The van der Waals surface area contributed by atoms with E-state index in [-0.39, 0.29) is 5.91 Å². The molecule has 124 valence electrons. The van der Waals surface area contributed by atoms with E-state index in [9.17, 15) is 4.79 Å². The predicted molar refractivity (Wildman–Crippen MR) is 91.8 cm³/mol. The van der Waals surface area contributed by atoms with Crippen LogP contribution in [-0.2, 0) is 24.4 Å². The third-order valence-corrected chi connectivity index (χ3v) is 3.89. The van der Waals surface area contributed by atoms with Crippen molar-refractivity contribution in [1.82, 2.24) is 19.6 Å². The number of aromatic nitrogens is 2. The van der Waals surface area contributed by atoms with Gasteiger partial charge in [-0.3, -0.25) is 14.4 Å². The molecule has 0 fully saturated rings. The number of benzene rings is 1. The number of hydrogen-bond acceptors (Lipinski definition) is 3. The molecular weight excluding hydrogens is 288 g/mol. The van der Waals surface area contributed by atoms with Crippen LogP contribution in [0.15, 0.2) is 42.6 Å². The first-order valence-corrected chi connectivity index (χ1v) is 8.15. The molecule has 0 radical (unpaired) electrons. The Balaban J connectivity index is 1.91. The Hall–Kier alpha value is -2.14. The van der Waals surface area contributed by atoms with Crippen molar-refractivity contribution in [3.05, 3.63) is 53.9 Å². The van der Waals surface area contributed by atoms with Crippen LogP contribution in [0, 0.1) is 0 Å². The largest absolute Gasteiger partial charge is 0.338 e. The van der Waals surface area contributed by atoms with Crippen LogP contribution in [0.4, 0.5) is 0 Å². The molecule has 0 saturated heterocycles. The van der Waals surface area contributed by atoms with Crippen molar-refractivity contribution in [2.75, 3.05) is 20.1 Å². The number of rotatable bonds is 8. The van der Waals surface area contributed by atoms with E-state index in [2.05, 4.69) is 24.2 Å². The lowest BCUT2D eigenvalue weighted by molar-refractivity contribution is -0.132. The van der Waals surface area contributed by atoms with Crippen molar-refractivity contribution >= 4 is 5.91 Å². The normalized spacial score (nSPS) is 11.0. The Morgan fingerprint density at radius 3 is 2.52 bits per heavy atom. The quantitative estimate of drug-likeness (QED) is 0.751. The Morgan fingerprint density at radius 2 is 1.87 bits per heavy atom. The number of nitrogens with zero attached hydrogens (tertiary/aromatic N) is 4. The van der Waals surface area contributed by atoms with Crippen LogP contribution in [-0.4, -0.2) is 45.6 Å². The minimum Gasteiger partial charge on any atom is -0.338 e. The molecule has 1 aromatic carbocycles. The van der Waals surface area contributed by atoms with E-state index in [1.54, 1.807) is 0 Å². The number of likely N-dealkylation sites (N-methyl/N-ethyl adjacent to an activating group) is 2. The van der Waals surface area contributed by atoms with Crippen LogP contribution in [0.3, 0.4) is 0 Å². The first-order chi connectivity index (χ1) is 11.1. The molecule has 0 aliphatic carbocycles. The van der Waals surface area contributed by atoms with Crippen molar-refractivity contribution in [1.29, 1.82) is 0 Å². The lowest BCUT2D eigenvalue weighted by Crippen LogP contribution is -2.38. The van der Waals surface area contributed by atoms with Gasteiger partial charge in [-0.2, -0.15) is 5.10 Å². The summed E-state index contributed by atoms with van der Waals surface area (Å²) >= 11 is 0. The van der Waals surface area contributed by atoms with Crippen molar-refractivity contribution in [2.24, 2.45) is 0 Å². The molecule has 0 unspecified atom stereocenters. The maximum absolute atomic E-state index is 12.5. The highest BCUT2D eigenvalue weighted by Crippen LogP contribution is 2.07. The van der Waals surface area contributed by atoms with Gasteiger partial charge in [0.05, 0.1) is 12.2 Å². The summed E-state index contributed by atoms with van der Waals surface area (Å²) in [6.45, 7) is 7.45. The second kappa shape index (κ2) is 8.48. The maximum Gasteiger partial charge on any atom is 0.237 e. The molecule has 0 aliphatic rings. The van der Waals surface area contributed by atoms with Gasteiger partial charge in [-0.25, -0.2) is 0 Å². The topological polar surface area (TPSA) is 41.4 Å². The van der Waals surface area contributed by atoms with Gasteiger partial charge in [0.1, 0.15) is 0 Å². The molecule has 0 bridgehead atoms. The van der Waals surface area contributed by atoms with Crippen LogP contribution >= 0.6 is 0 Å². The van der Waals surface area contributed by atoms with Gasteiger partial charge >= 0.3 is 0 Å². The Labute approximate surface area is 138 Å². The molecule has 0 N–H and O–H groups in total. The maximum atomic E-state index is 12.5. The van der Waals surface area contributed by atoms with Gasteiger partial charge in [-0.1, -0.05) is 30.3 Å². The van der Waals surface area contributed by atoms with E-state index in [1.165, 1.54) is 0 Å². The molecule has 5 heteroatoms. The average molecular weight is 314 g/mol. The summed E-state index contributed by atoms with van der Waals surface area (Å²) in [4.78, 5) is 16.5. The summed E-state index contributed by atoms with van der Waals surface area (Å²) in [6, 6.07) is 12.1. The Morgan fingerprint density at radius 1 is 1.13 bits per heavy atom. The van der Waals surface area contributed by atoms with Gasteiger partial charge in [0.2, 0.25) is 5.91 Å². The van der Waals surface area contributed by atoms with Gasteiger partial charge in [0.15, 0.2) is 0 Å². The highest BCUT2D eigenvalue weighted by atomic mass is 16.2. The summed E-state index contributed by atoms with van der Waals surface area (Å²) in [5, 5.41) is 4.27. The molecule has 1 amide bonds. The summed E-state index contributed by atoms with van der Waals surface area (Å²) < 4.78 is 1.96. The third kappa shape index (κ3) is 4.93. The zero-order valence-electron chi connectivity index (χ0n) is 14.3. The van der Waals surface area contributed by atoms with Crippen molar-refractivity contribution < 1.29 is 4.79 Å². The van der Waals surface area contributed by atoms with Gasteiger partial charge in [0.25, 0.3) is 0 Å². The van der Waals surface area contributed by atoms with Crippen LogP contribution in [0.1, 0.15) is 25.1 Å². The summed E-state index contributed by atoms with van der Waals surface area (Å²) in [6.07, 6.45) is 1.81. The highest BCUT2D eigenvalue weighted by Gasteiger charge is 2.15. The fourth-order valence-corrected chi connectivity index (χ4v) is 2.62. The van der Waals surface area contributed by atoms with Crippen LogP contribution in [0.5, 0.6) is 0 Å². The molecule has 2 rings (SSSR count). The number of hydrogen-bond donors (Lipinski definition) is 0. The van der Waals surface area contributed by atoms with Crippen LogP contribution in [0.25, 0.3) is 0 Å². The van der Waals surface area contributed by atoms with E-state index in [0.29, 0.717) is 19.6 Å². The number of carbonyl (C=O) groups excluding carboxylic acids is 1. The highest BCUT2D eigenvalue weighted by molar-refractivity contribution is 5.78. The van der Waals surface area contributed by atoms with Gasteiger partial charge in [0, 0.05) is 32.4 Å². The minimum atomic E-state index is 0.154. The van der Waals surface area contributed by atoms with E-state index in [4.69, 9.17) is 0 Å². The van der Waals surface area contributed by atoms with E-state index < -0.39 is 0 Å². The van der Waals surface area contributed by atoms with Crippen molar-refractivity contribution in [3.63, 3.8) is 0 Å². The summed E-state index contributed by atoms with van der Waals surface area (Å²) in [7, 11) is 1.97. The second-order valence-corrected chi connectivity index (χ2v) is 5.70. The zero-order chi connectivity index (χ0) is 16.7. The van der Waals surface area contributed by atoms with Gasteiger partial charge < -0.3 is 4.90 Å². The first kappa shape index (κ1) is 17.2. The SMILES string of the molecule is CCN(Cc1ccccc1)C(=O)CN(C)Cc1ccnn1CC. The second-order valence-electron chi connectivity index (χ2n) is 5.70. The van der Waals surface area contributed by atoms with Crippen LogP contribution in [0.2, 0.25) is 0 Å². The molecule has 2 aromatic rings. The summed E-state index contributed by atoms with van der Waals surface area (Å²) in [5.41, 5.74) is 2.29. The lowest BCUT2D eigenvalue weighted by Gasteiger charge is -2.24. The van der Waals surface area contributed by atoms with E-state index >= 15 is 0 Å². The molecular formula is C18H26N4O. The smallest absolute Gasteiger partial charge is 0.237 e. The molecule has 0 aliphatic heterocycles. The van der Waals surface area contributed by atoms with Crippen molar-refractivity contribution in [3.8, 4) is 0 Å². The fraction of sp³-hybridized carbons (Fsp3) is 0.444. The molecule has 0 spiro atoms. The van der Waals surface area contributed by atoms with E-state index in [1.807, 2.05) is 58.9 Å². The standard InChI is InChI=1S/C18H26N4O/c1-4-21(13-16-9-7-6-8-10-16)18(23)15-20(3)14-17-11-12-19-22(17)5-2/h6-12H,4-5,13-15H2,1-3H3. The third-order valence-electron chi connectivity index (χ3n) is 3.89. The van der Waals surface area contributed by atoms with Gasteiger partial charge in [-0.15, -0.1) is 0 Å². The first-order valence-electron chi connectivity index (χ1n) is 8.15. The Bertz CT molecular complexity index is 608. The molecule has 1 heterocycles. The van der Waals surface area contributed by atoms with E-state index in [0.717, 1.165) is 24.3 Å². The lowest BCUT2D eigenvalue weighted by atomic mass is 10.2. The predicted octanol–water partition coefficient (Wildman–Crippen LogP) is 2.38. The minimum absolute atomic E-state index is 0.154. The van der Waals surface area contributed by atoms with Crippen LogP contribution < -0.4 is 0 Å². The zero-order valence-corrected chi connectivity index (χ0v) is 14.3. The monoisotopic (exact) mass is 314 g/mol. The Kier molecular flexibility index (Phi) is 6.35. The number of amides is 1. The number of carbonyl (C=O) groups is 1. The molecule has 1 aromatic heterocycles. The van der Waals surface area contributed by atoms with Gasteiger partial charge in [-0.05, 0) is 32.5 Å². The molecule has 0 atom stereocenters. The molecule has 5 nitrogen and oxygen atoms in total. The molecule has 0 saturated carbocycles. The number of aryl methyl sites for hydroxylation is 1. The average Bonchev–Trinajstić information content (AvgIpc) is 3.00. The van der Waals surface area contributed by atoms with Crippen molar-refractivity contribution in [2.45, 2.75) is 33.5 Å². The molecule has 23 heavy (non-hydrogen) atoms. The summed E-state index contributed by atoms with van der Waals surface area (Å²) in [5.74, 6) is 0.154.